The average molecular weight is 136 g/mol. The van der Waals surface area contributed by atoms with Crippen LogP contribution in [-0.2, 0) is 0 Å². The molecular formula is C10H16. The molecular weight excluding hydrogens is 120 g/mol. The van der Waals surface area contributed by atoms with Crippen molar-refractivity contribution in [2.45, 2.75) is 27.2 Å². The molecule has 0 bridgehead atoms. The highest BCUT2D eigenvalue weighted by Gasteiger charge is 1.83. The van der Waals surface area contributed by atoms with Crippen molar-refractivity contribution in [3.05, 3.63) is 36.0 Å². The molecule has 0 fully saturated rings. The fourth-order valence-electron chi connectivity index (χ4n) is 0.681. The Morgan fingerprint density at radius 3 is 2.50 bits per heavy atom. The normalized spacial score (nSPS) is 12.5. The van der Waals surface area contributed by atoms with Crippen LogP contribution >= 0.6 is 0 Å². The van der Waals surface area contributed by atoms with Gasteiger partial charge < -0.3 is 0 Å². The second kappa shape index (κ2) is 5.04. The van der Waals surface area contributed by atoms with E-state index in [0.717, 1.165) is 12.0 Å². The van der Waals surface area contributed by atoms with Crippen molar-refractivity contribution in [1.82, 2.24) is 0 Å². The number of rotatable bonds is 3. The molecule has 0 heteroatoms. The molecule has 0 atom stereocenters. The minimum Gasteiger partial charge on any atom is -0.0918 e. The van der Waals surface area contributed by atoms with Crippen molar-refractivity contribution in [2.75, 3.05) is 0 Å². The highest BCUT2D eigenvalue weighted by molar-refractivity contribution is 5.29. The van der Waals surface area contributed by atoms with E-state index >= 15 is 0 Å². The van der Waals surface area contributed by atoms with E-state index in [1.165, 1.54) is 5.57 Å². The second-order valence-electron chi connectivity index (χ2n) is 2.42. The number of allylic oxidation sites excluding steroid dienone is 5. The second-order valence-corrected chi connectivity index (χ2v) is 2.42. The quantitative estimate of drug-likeness (QED) is 0.521. The van der Waals surface area contributed by atoms with Crippen LogP contribution in [0.3, 0.4) is 0 Å². The predicted molar refractivity (Wildman–Crippen MR) is 48.0 cm³/mol. The van der Waals surface area contributed by atoms with Gasteiger partial charge in [-0.1, -0.05) is 37.3 Å². The van der Waals surface area contributed by atoms with E-state index in [9.17, 15) is 0 Å². The van der Waals surface area contributed by atoms with Crippen LogP contribution in [-0.4, -0.2) is 0 Å². The van der Waals surface area contributed by atoms with Crippen molar-refractivity contribution in [3.8, 4) is 0 Å². The first-order valence-electron chi connectivity index (χ1n) is 3.69. The number of hydrogen-bond donors (Lipinski definition) is 0. The molecule has 0 saturated carbocycles. The van der Waals surface area contributed by atoms with Crippen LogP contribution in [0.2, 0.25) is 0 Å². The molecule has 0 radical (unpaired) electrons. The summed E-state index contributed by atoms with van der Waals surface area (Å²) in [6, 6.07) is 0. The van der Waals surface area contributed by atoms with Gasteiger partial charge in [0, 0.05) is 0 Å². The van der Waals surface area contributed by atoms with Crippen molar-refractivity contribution >= 4 is 0 Å². The molecule has 0 N–H and O–H groups in total. The SMILES string of the molecule is C=C(C=CC)C=C(C)CC. The molecule has 0 spiro atoms. The zero-order valence-electron chi connectivity index (χ0n) is 7.15. The molecule has 0 aliphatic rings. The lowest BCUT2D eigenvalue weighted by Gasteiger charge is -1.93. The molecule has 0 heterocycles. The molecule has 0 unspecified atom stereocenters. The van der Waals surface area contributed by atoms with Gasteiger partial charge in [0.05, 0.1) is 0 Å². The molecule has 0 aromatic carbocycles. The van der Waals surface area contributed by atoms with Crippen molar-refractivity contribution in [2.24, 2.45) is 0 Å². The van der Waals surface area contributed by atoms with Gasteiger partial charge >= 0.3 is 0 Å². The predicted octanol–water partition coefficient (Wildman–Crippen LogP) is 3.48. The smallest absolute Gasteiger partial charge is 0.0333 e. The van der Waals surface area contributed by atoms with E-state index < -0.39 is 0 Å². The van der Waals surface area contributed by atoms with Gasteiger partial charge in [0.1, 0.15) is 0 Å². The van der Waals surface area contributed by atoms with Crippen LogP contribution < -0.4 is 0 Å². The first-order valence-corrected chi connectivity index (χ1v) is 3.69. The van der Waals surface area contributed by atoms with E-state index in [2.05, 4.69) is 26.5 Å². The van der Waals surface area contributed by atoms with E-state index in [1.807, 2.05) is 19.1 Å². The Morgan fingerprint density at radius 2 is 2.10 bits per heavy atom. The fraction of sp³-hybridized carbons (Fsp3) is 0.400. The van der Waals surface area contributed by atoms with Gasteiger partial charge in [0.25, 0.3) is 0 Å². The maximum Gasteiger partial charge on any atom is -0.0333 e. The van der Waals surface area contributed by atoms with Crippen LogP contribution in [0.5, 0.6) is 0 Å². The minimum absolute atomic E-state index is 1.09. The molecule has 0 aromatic heterocycles. The highest BCUT2D eigenvalue weighted by atomic mass is 13.9. The monoisotopic (exact) mass is 136 g/mol. The van der Waals surface area contributed by atoms with Crippen LogP contribution in [0, 0.1) is 0 Å². The fourth-order valence-corrected chi connectivity index (χ4v) is 0.681. The summed E-state index contributed by atoms with van der Waals surface area (Å²) >= 11 is 0. The highest BCUT2D eigenvalue weighted by Crippen LogP contribution is 2.04. The van der Waals surface area contributed by atoms with Crippen LogP contribution in [0.1, 0.15) is 27.2 Å². The summed E-state index contributed by atoms with van der Waals surface area (Å²) in [5.74, 6) is 0. The third kappa shape index (κ3) is 4.13. The summed E-state index contributed by atoms with van der Waals surface area (Å²) in [6.45, 7) is 10.1. The summed E-state index contributed by atoms with van der Waals surface area (Å²) in [6.07, 6.45) is 7.23. The van der Waals surface area contributed by atoms with Crippen molar-refractivity contribution in [1.29, 1.82) is 0 Å². The molecule has 10 heavy (non-hydrogen) atoms. The van der Waals surface area contributed by atoms with Crippen molar-refractivity contribution < 1.29 is 0 Å². The first kappa shape index (κ1) is 9.22. The summed E-state index contributed by atoms with van der Waals surface area (Å²) in [5.41, 5.74) is 2.46. The lowest BCUT2D eigenvalue weighted by molar-refractivity contribution is 1.10. The Labute approximate surface area is 64.0 Å². The number of hydrogen-bond acceptors (Lipinski definition) is 0. The zero-order valence-corrected chi connectivity index (χ0v) is 7.15. The molecule has 56 valence electrons. The van der Waals surface area contributed by atoms with E-state index in [4.69, 9.17) is 0 Å². The van der Waals surface area contributed by atoms with Crippen molar-refractivity contribution in [3.63, 3.8) is 0 Å². The molecule has 0 aromatic rings. The Hall–Kier alpha value is -0.780. The Bertz CT molecular complexity index is 159. The van der Waals surface area contributed by atoms with E-state index in [-0.39, 0.29) is 0 Å². The van der Waals surface area contributed by atoms with Crippen LogP contribution in [0.4, 0.5) is 0 Å². The molecule has 0 amide bonds. The minimum atomic E-state index is 1.09. The van der Waals surface area contributed by atoms with E-state index in [0.29, 0.717) is 0 Å². The van der Waals surface area contributed by atoms with Gasteiger partial charge in [-0.25, -0.2) is 0 Å². The average Bonchev–Trinajstić information content (AvgIpc) is 1.88. The summed E-state index contributed by atoms with van der Waals surface area (Å²) in [5, 5.41) is 0. The first-order chi connectivity index (χ1) is 4.70. The zero-order chi connectivity index (χ0) is 7.98. The lowest BCUT2D eigenvalue weighted by atomic mass is 10.1. The van der Waals surface area contributed by atoms with E-state index in [1.54, 1.807) is 0 Å². The summed E-state index contributed by atoms with van der Waals surface area (Å²) < 4.78 is 0. The van der Waals surface area contributed by atoms with Crippen LogP contribution in [0.25, 0.3) is 0 Å². The van der Waals surface area contributed by atoms with Crippen LogP contribution in [0.15, 0.2) is 36.0 Å². The molecule has 0 rings (SSSR count). The summed E-state index contributed by atoms with van der Waals surface area (Å²) in [4.78, 5) is 0. The molecule has 0 saturated heterocycles. The Morgan fingerprint density at radius 1 is 1.50 bits per heavy atom. The molecule has 0 aliphatic carbocycles. The van der Waals surface area contributed by atoms with Gasteiger partial charge in [-0.2, -0.15) is 0 Å². The largest absolute Gasteiger partial charge is 0.0918 e. The molecule has 0 aliphatic heterocycles. The Balaban J connectivity index is 4.00. The summed E-state index contributed by atoms with van der Waals surface area (Å²) in [7, 11) is 0. The van der Waals surface area contributed by atoms with Gasteiger partial charge in [0.15, 0.2) is 0 Å². The maximum absolute atomic E-state index is 3.87. The van der Waals surface area contributed by atoms with Gasteiger partial charge in [-0.15, -0.1) is 0 Å². The third-order valence-electron chi connectivity index (χ3n) is 1.37. The molecule has 0 nitrogen and oxygen atoms in total. The Kier molecular flexibility index (Phi) is 4.65. The maximum atomic E-state index is 3.87. The lowest BCUT2D eigenvalue weighted by Crippen LogP contribution is -1.73. The van der Waals surface area contributed by atoms with Gasteiger partial charge in [-0.05, 0) is 25.8 Å². The topological polar surface area (TPSA) is 0 Å². The van der Waals surface area contributed by atoms with Gasteiger partial charge in [-0.3, -0.25) is 0 Å². The van der Waals surface area contributed by atoms with Gasteiger partial charge in [0.2, 0.25) is 0 Å². The standard InChI is InChI=1S/C10H16/c1-5-7-10(4)8-9(3)6-2/h5,7-8H,4,6H2,1-3H3. The third-order valence-corrected chi connectivity index (χ3v) is 1.37.